The molecule has 0 bridgehead atoms. The molecule has 2 N–H and O–H groups in total. The molecule has 196 valence electrons. The summed E-state index contributed by atoms with van der Waals surface area (Å²) in [4.78, 5) is 28.1. The number of carbonyl (C=O) groups is 2. The Hall–Kier alpha value is -3.09. The number of hydrogen-bond donors (Lipinski definition) is 2. The quantitative estimate of drug-likeness (QED) is 0.330. The summed E-state index contributed by atoms with van der Waals surface area (Å²) < 4.78 is 0. The first-order valence-corrected chi connectivity index (χ1v) is 14.0. The van der Waals surface area contributed by atoms with Crippen LogP contribution in [0, 0.1) is 0 Å². The molecule has 6 heteroatoms. The third kappa shape index (κ3) is 8.20. The molecule has 2 unspecified atom stereocenters. The third-order valence-corrected chi connectivity index (χ3v) is 8.00. The van der Waals surface area contributed by atoms with Gasteiger partial charge in [0.05, 0.1) is 0 Å². The van der Waals surface area contributed by atoms with Crippen LogP contribution < -0.4 is 5.32 Å². The van der Waals surface area contributed by atoms with E-state index >= 15 is 0 Å². The monoisotopic (exact) mass is 518 g/mol. The van der Waals surface area contributed by atoms with Crippen molar-refractivity contribution in [1.82, 2.24) is 10.2 Å². The fourth-order valence-electron chi connectivity index (χ4n) is 4.62. The Labute approximate surface area is 225 Å². The molecular formula is C31H38N2O3S. The summed E-state index contributed by atoms with van der Waals surface area (Å²) in [5.74, 6) is -0.872. The first-order valence-electron chi connectivity index (χ1n) is 13.1. The molecule has 3 aromatic rings. The molecule has 1 amide bonds. The zero-order valence-corrected chi connectivity index (χ0v) is 22.8. The van der Waals surface area contributed by atoms with E-state index in [9.17, 15) is 14.7 Å². The van der Waals surface area contributed by atoms with Crippen molar-refractivity contribution < 1.29 is 14.7 Å². The fourth-order valence-corrected chi connectivity index (χ4v) is 6.04. The minimum absolute atomic E-state index is 0.0131. The second-order valence-electron chi connectivity index (χ2n) is 9.04. The predicted octanol–water partition coefficient (Wildman–Crippen LogP) is 6.28. The second kappa shape index (κ2) is 14.6. The smallest absolute Gasteiger partial charge is 0.321 e. The van der Waals surface area contributed by atoms with Crippen LogP contribution in [-0.2, 0) is 17.8 Å². The van der Waals surface area contributed by atoms with E-state index in [-0.39, 0.29) is 11.9 Å². The topological polar surface area (TPSA) is 69.6 Å². The molecule has 0 aliphatic heterocycles. The van der Waals surface area contributed by atoms with Crippen LogP contribution in [0.2, 0.25) is 0 Å². The molecular weight excluding hydrogens is 480 g/mol. The van der Waals surface area contributed by atoms with Crippen LogP contribution >= 0.6 is 11.8 Å². The van der Waals surface area contributed by atoms with Gasteiger partial charge >= 0.3 is 5.97 Å². The number of benzene rings is 3. The van der Waals surface area contributed by atoms with Gasteiger partial charge in [-0.05, 0) is 54.7 Å². The first kappa shape index (κ1) is 28.5. The molecule has 1 aliphatic carbocycles. The Bertz CT molecular complexity index is 1110. The number of carbonyl (C=O) groups excluding carboxylic acids is 1. The van der Waals surface area contributed by atoms with E-state index in [0.717, 1.165) is 30.4 Å². The van der Waals surface area contributed by atoms with Crippen molar-refractivity contribution in [1.29, 1.82) is 0 Å². The molecule has 1 aliphatic rings. The fraction of sp³-hybridized carbons (Fsp3) is 0.355. The Kier molecular flexibility index (Phi) is 11.2. The van der Waals surface area contributed by atoms with Gasteiger partial charge in [0, 0.05) is 35.3 Å². The molecule has 4 rings (SSSR count). The molecule has 1 saturated carbocycles. The van der Waals surface area contributed by atoms with Gasteiger partial charge in [-0.25, -0.2) is 0 Å². The number of amides is 1. The normalized spacial score (nSPS) is 17.4. The maximum atomic E-state index is 13.2. The van der Waals surface area contributed by atoms with E-state index in [2.05, 4.69) is 29.6 Å². The van der Waals surface area contributed by atoms with Crippen molar-refractivity contribution in [2.24, 2.45) is 0 Å². The SMILES string of the molecule is CC.CN(C(=O)c1ccc(C[C@H](NCc2ccccc2)C(=O)O)cc1)C1CCCC1Sc1ccccc1. The van der Waals surface area contributed by atoms with Crippen LogP contribution in [0.4, 0.5) is 0 Å². The lowest BCUT2D eigenvalue weighted by Gasteiger charge is -2.29. The molecule has 0 aromatic heterocycles. The van der Waals surface area contributed by atoms with Crippen LogP contribution in [0.25, 0.3) is 0 Å². The molecule has 0 saturated heterocycles. The number of carboxylic acid groups (broad SMARTS) is 1. The standard InChI is InChI=1S/C29H32N2O3S.C2H6/c1-31(26-13-8-14-27(26)35-24-11-6-3-7-12-24)28(32)23-17-15-21(16-18-23)19-25(29(33)34)30-20-22-9-4-2-5-10-22;1-2/h2-7,9-12,15-18,25-27,30H,8,13-14,19-20H2,1H3,(H,33,34);1-2H3/t25-,26?,27?;/m0./s1. The van der Waals surface area contributed by atoms with Crippen LogP contribution in [0.1, 0.15) is 54.6 Å². The van der Waals surface area contributed by atoms with Gasteiger partial charge in [0.1, 0.15) is 6.04 Å². The van der Waals surface area contributed by atoms with Crippen molar-refractivity contribution >= 4 is 23.6 Å². The Morgan fingerprint density at radius 1 is 0.919 bits per heavy atom. The van der Waals surface area contributed by atoms with Crippen molar-refractivity contribution in [3.8, 4) is 0 Å². The van der Waals surface area contributed by atoms with Gasteiger partial charge in [-0.15, -0.1) is 11.8 Å². The van der Waals surface area contributed by atoms with E-state index in [4.69, 9.17) is 0 Å². The molecule has 0 spiro atoms. The molecule has 3 aromatic carbocycles. The lowest BCUT2D eigenvalue weighted by atomic mass is 10.0. The van der Waals surface area contributed by atoms with Crippen LogP contribution in [0.15, 0.2) is 89.8 Å². The van der Waals surface area contributed by atoms with E-state index < -0.39 is 12.0 Å². The highest BCUT2D eigenvalue weighted by molar-refractivity contribution is 8.00. The van der Waals surface area contributed by atoms with Gasteiger partial charge in [0.15, 0.2) is 0 Å². The lowest BCUT2D eigenvalue weighted by Crippen LogP contribution is -2.40. The Balaban J connectivity index is 0.00000186. The molecule has 3 atom stereocenters. The largest absolute Gasteiger partial charge is 0.480 e. The van der Waals surface area contributed by atoms with Gasteiger partial charge in [-0.2, -0.15) is 0 Å². The average Bonchev–Trinajstić information content (AvgIpc) is 3.40. The molecule has 0 heterocycles. The van der Waals surface area contributed by atoms with Gasteiger partial charge in [0.2, 0.25) is 0 Å². The molecule has 1 fully saturated rings. The van der Waals surface area contributed by atoms with E-state index in [0.29, 0.717) is 23.8 Å². The van der Waals surface area contributed by atoms with E-state index in [1.165, 1.54) is 4.90 Å². The van der Waals surface area contributed by atoms with Crippen molar-refractivity contribution in [2.75, 3.05) is 7.05 Å². The number of carboxylic acids is 1. The summed E-state index contributed by atoms with van der Waals surface area (Å²) in [7, 11) is 1.90. The van der Waals surface area contributed by atoms with Crippen LogP contribution in [0.3, 0.4) is 0 Å². The van der Waals surface area contributed by atoms with Gasteiger partial charge in [-0.3, -0.25) is 9.59 Å². The van der Waals surface area contributed by atoms with Crippen LogP contribution in [0.5, 0.6) is 0 Å². The summed E-state index contributed by atoms with van der Waals surface area (Å²) in [6.45, 7) is 4.49. The third-order valence-electron chi connectivity index (χ3n) is 6.60. The average molecular weight is 519 g/mol. The number of rotatable bonds is 10. The highest BCUT2D eigenvalue weighted by atomic mass is 32.2. The van der Waals surface area contributed by atoms with Crippen molar-refractivity contribution in [2.45, 2.75) is 68.3 Å². The summed E-state index contributed by atoms with van der Waals surface area (Å²) in [6.07, 6.45) is 3.59. The van der Waals surface area contributed by atoms with E-state index in [1.54, 1.807) is 0 Å². The molecule has 5 nitrogen and oxygen atoms in total. The Morgan fingerprint density at radius 2 is 1.54 bits per heavy atom. The highest BCUT2D eigenvalue weighted by Gasteiger charge is 2.33. The molecule has 37 heavy (non-hydrogen) atoms. The number of nitrogens with zero attached hydrogens (tertiary/aromatic N) is 1. The zero-order valence-electron chi connectivity index (χ0n) is 22.0. The van der Waals surface area contributed by atoms with Gasteiger partial charge in [0.25, 0.3) is 5.91 Å². The summed E-state index contributed by atoms with van der Waals surface area (Å²) >= 11 is 1.86. The summed E-state index contributed by atoms with van der Waals surface area (Å²) in [5.41, 5.74) is 2.56. The van der Waals surface area contributed by atoms with Crippen LogP contribution in [-0.4, -0.2) is 46.3 Å². The van der Waals surface area contributed by atoms with Gasteiger partial charge < -0.3 is 15.3 Å². The van der Waals surface area contributed by atoms with Crippen molar-refractivity contribution in [3.63, 3.8) is 0 Å². The number of thioether (sulfide) groups is 1. The van der Waals surface area contributed by atoms with Crippen molar-refractivity contribution in [3.05, 3.63) is 102 Å². The highest BCUT2D eigenvalue weighted by Crippen LogP contribution is 2.37. The summed E-state index contributed by atoms with van der Waals surface area (Å²) in [5, 5.41) is 13.2. The zero-order chi connectivity index (χ0) is 26.6. The van der Waals surface area contributed by atoms with Gasteiger partial charge in [-0.1, -0.05) is 80.9 Å². The predicted molar refractivity (Wildman–Crippen MR) is 152 cm³/mol. The molecule has 0 radical (unpaired) electrons. The first-order chi connectivity index (χ1) is 18.0. The Morgan fingerprint density at radius 3 is 2.16 bits per heavy atom. The summed E-state index contributed by atoms with van der Waals surface area (Å²) in [6, 6.07) is 27.0. The lowest BCUT2D eigenvalue weighted by molar-refractivity contribution is -0.139. The number of aliphatic carboxylic acids is 1. The minimum atomic E-state index is -0.885. The minimum Gasteiger partial charge on any atom is -0.480 e. The maximum Gasteiger partial charge on any atom is 0.321 e. The maximum absolute atomic E-state index is 13.2. The van der Waals surface area contributed by atoms with E-state index in [1.807, 2.05) is 98.2 Å². The second-order valence-corrected chi connectivity index (χ2v) is 10.4. The number of hydrogen-bond acceptors (Lipinski definition) is 4. The number of nitrogens with one attached hydrogen (secondary N) is 1.